The van der Waals surface area contributed by atoms with Crippen molar-refractivity contribution in [3.63, 3.8) is 0 Å². The molecule has 158 valence electrons. The molecule has 2 atom stereocenters. The summed E-state index contributed by atoms with van der Waals surface area (Å²) in [5.74, 6) is -2.56. The van der Waals surface area contributed by atoms with Gasteiger partial charge >= 0.3 is 0 Å². The zero-order chi connectivity index (χ0) is 22.2. The topological polar surface area (TPSA) is 139 Å². The Balaban J connectivity index is 1.91. The number of hydrogen-bond acceptors (Lipinski definition) is 9. The molecule has 0 spiro atoms. The maximum absolute atomic E-state index is 14.5. The first-order valence-electron chi connectivity index (χ1n) is 8.44. The van der Waals surface area contributed by atoms with Crippen molar-refractivity contribution >= 4 is 50.9 Å². The van der Waals surface area contributed by atoms with E-state index in [2.05, 4.69) is 25.9 Å². The van der Waals surface area contributed by atoms with Crippen molar-refractivity contribution in [2.24, 2.45) is 0 Å². The SMILES string of the molecule is CC(Oc1cc(/C=C2\SC(=O)N(C)C2=O)c(Br)c(F)c1O)C(O)c1cnc(N)nc1. The molecule has 1 fully saturated rings. The number of carbonyl (C=O) groups is 2. The Labute approximate surface area is 182 Å². The number of hydrogen-bond donors (Lipinski definition) is 3. The molecule has 2 unspecified atom stereocenters. The fraction of sp³-hybridized carbons (Fsp3) is 0.222. The number of ether oxygens (including phenoxy) is 1. The predicted molar refractivity (Wildman–Crippen MR) is 111 cm³/mol. The minimum absolute atomic E-state index is 0.0354. The van der Waals surface area contributed by atoms with Crippen LogP contribution in [0, 0.1) is 5.82 Å². The largest absolute Gasteiger partial charge is 0.502 e. The van der Waals surface area contributed by atoms with Crippen molar-refractivity contribution in [1.29, 1.82) is 0 Å². The number of carbonyl (C=O) groups excluding carboxylic acids is 2. The van der Waals surface area contributed by atoms with Gasteiger partial charge in [-0.3, -0.25) is 14.5 Å². The lowest BCUT2D eigenvalue weighted by atomic mass is 10.1. The molecule has 4 N–H and O–H groups in total. The van der Waals surface area contributed by atoms with Crippen molar-refractivity contribution in [3.8, 4) is 11.5 Å². The monoisotopic (exact) mass is 498 g/mol. The second-order valence-electron chi connectivity index (χ2n) is 6.32. The van der Waals surface area contributed by atoms with E-state index in [0.29, 0.717) is 17.3 Å². The minimum atomic E-state index is -1.20. The number of nitrogen functional groups attached to an aromatic ring is 1. The molecule has 2 aromatic rings. The highest BCUT2D eigenvalue weighted by molar-refractivity contribution is 9.10. The number of benzene rings is 1. The van der Waals surface area contributed by atoms with Crippen molar-refractivity contribution in [3.05, 3.63) is 44.8 Å². The third kappa shape index (κ3) is 4.25. The van der Waals surface area contributed by atoms with Gasteiger partial charge in [0.1, 0.15) is 12.2 Å². The van der Waals surface area contributed by atoms with E-state index < -0.39 is 34.9 Å². The smallest absolute Gasteiger partial charge is 0.293 e. The number of phenolic OH excluding ortho intramolecular Hbond substituents is 1. The third-order valence-corrected chi connectivity index (χ3v) is 6.00. The van der Waals surface area contributed by atoms with Crippen LogP contribution in [-0.4, -0.2) is 49.4 Å². The number of imide groups is 1. The molecular weight excluding hydrogens is 483 g/mol. The Hall–Kier alpha value is -2.70. The van der Waals surface area contributed by atoms with Gasteiger partial charge < -0.3 is 20.7 Å². The van der Waals surface area contributed by atoms with E-state index >= 15 is 0 Å². The van der Waals surface area contributed by atoms with Crippen LogP contribution in [0.15, 0.2) is 27.8 Å². The summed E-state index contributed by atoms with van der Waals surface area (Å²) in [7, 11) is 1.34. The summed E-state index contributed by atoms with van der Waals surface area (Å²) in [6.45, 7) is 1.50. The number of aliphatic hydroxyl groups is 1. The van der Waals surface area contributed by atoms with E-state index in [1.807, 2.05) is 0 Å². The van der Waals surface area contributed by atoms with Gasteiger partial charge in [-0.2, -0.15) is 0 Å². The molecule has 3 rings (SSSR count). The molecule has 0 saturated carbocycles. The van der Waals surface area contributed by atoms with Gasteiger partial charge in [-0.25, -0.2) is 14.4 Å². The summed E-state index contributed by atoms with van der Waals surface area (Å²) >= 11 is 3.74. The number of aromatic hydroxyl groups is 1. The number of halogens is 2. The molecule has 1 aromatic carbocycles. The first-order chi connectivity index (χ1) is 14.1. The number of aromatic nitrogens is 2. The van der Waals surface area contributed by atoms with E-state index in [1.54, 1.807) is 0 Å². The molecule has 1 saturated heterocycles. The lowest BCUT2D eigenvalue weighted by molar-refractivity contribution is -0.121. The quantitative estimate of drug-likeness (QED) is 0.530. The van der Waals surface area contributed by atoms with E-state index in [4.69, 9.17) is 10.5 Å². The third-order valence-electron chi connectivity index (χ3n) is 4.24. The summed E-state index contributed by atoms with van der Waals surface area (Å²) in [5, 5.41) is 20.1. The highest BCUT2D eigenvalue weighted by Gasteiger charge is 2.32. The molecular formula is C18H16BrFN4O5S. The highest BCUT2D eigenvalue weighted by Crippen LogP contribution is 2.40. The standard InChI is InChI=1S/C18H16BrFN4O5S/c1-7(14(25)9-5-22-17(21)23-6-9)29-10-3-8(12(19)13(20)15(10)26)4-11-16(27)24(2)18(28)30-11/h3-7,14,25-26H,1-2H3,(H2,21,22,23)/b11-4-. The van der Waals surface area contributed by atoms with E-state index in [9.17, 15) is 24.2 Å². The Morgan fingerprint density at radius 2 is 2.00 bits per heavy atom. The number of thioether (sulfide) groups is 1. The summed E-state index contributed by atoms with van der Waals surface area (Å²) in [4.78, 5) is 32.4. The lowest BCUT2D eigenvalue weighted by Crippen LogP contribution is -2.22. The maximum atomic E-state index is 14.5. The number of nitrogens with two attached hydrogens (primary N) is 1. The van der Waals surface area contributed by atoms with Crippen LogP contribution in [0.1, 0.15) is 24.2 Å². The number of aliphatic hydroxyl groups excluding tert-OH is 1. The molecule has 0 bridgehead atoms. The van der Waals surface area contributed by atoms with Crippen LogP contribution in [0.25, 0.3) is 6.08 Å². The van der Waals surface area contributed by atoms with Crippen LogP contribution >= 0.6 is 27.7 Å². The fourth-order valence-corrected chi connectivity index (χ4v) is 3.76. The van der Waals surface area contributed by atoms with Gasteiger partial charge in [0.05, 0.1) is 9.38 Å². The van der Waals surface area contributed by atoms with E-state index in [0.717, 1.165) is 4.90 Å². The van der Waals surface area contributed by atoms with Crippen molar-refractivity contribution in [1.82, 2.24) is 14.9 Å². The van der Waals surface area contributed by atoms with Gasteiger partial charge in [-0.1, -0.05) is 0 Å². The molecule has 30 heavy (non-hydrogen) atoms. The van der Waals surface area contributed by atoms with Crippen molar-refractivity contribution < 1.29 is 28.9 Å². The summed E-state index contributed by atoms with van der Waals surface area (Å²) in [6.07, 6.45) is 1.82. The molecule has 1 aliphatic rings. The van der Waals surface area contributed by atoms with Crippen LogP contribution in [0.5, 0.6) is 11.5 Å². The highest BCUT2D eigenvalue weighted by atomic mass is 79.9. The number of anilines is 1. The van der Waals surface area contributed by atoms with Gasteiger partial charge in [0.2, 0.25) is 5.95 Å². The Morgan fingerprint density at radius 3 is 2.57 bits per heavy atom. The summed E-state index contributed by atoms with van der Waals surface area (Å²) < 4.78 is 20.0. The first-order valence-corrected chi connectivity index (χ1v) is 10.1. The van der Waals surface area contributed by atoms with Crippen LogP contribution in [0.3, 0.4) is 0 Å². The van der Waals surface area contributed by atoms with Gasteiger partial charge in [0.25, 0.3) is 11.1 Å². The average molecular weight is 499 g/mol. The molecule has 12 heteroatoms. The van der Waals surface area contributed by atoms with Crippen molar-refractivity contribution in [2.75, 3.05) is 12.8 Å². The number of rotatable bonds is 5. The molecule has 2 heterocycles. The van der Waals surface area contributed by atoms with Gasteiger partial charge in [0, 0.05) is 25.0 Å². The maximum Gasteiger partial charge on any atom is 0.293 e. The summed E-state index contributed by atoms with van der Waals surface area (Å²) in [6, 6.07) is 1.29. The predicted octanol–water partition coefficient (Wildman–Crippen LogP) is 2.83. The van der Waals surface area contributed by atoms with E-state index in [-0.39, 0.29) is 26.6 Å². The Morgan fingerprint density at radius 1 is 1.37 bits per heavy atom. The van der Waals surface area contributed by atoms with Gasteiger partial charge in [0.15, 0.2) is 17.3 Å². The molecule has 0 aliphatic carbocycles. The minimum Gasteiger partial charge on any atom is -0.502 e. The van der Waals surface area contributed by atoms with Crippen molar-refractivity contribution in [2.45, 2.75) is 19.1 Å². The molecule has 1 aliphatic heterocycles. The molecule has 9 nitrogen and oxygen atoms in total. The molecule has 1 aromatic heterocycles. The zero-order valence-corrected chi connectivity index (χ0v) is 18.1. The Kier molecular flexibility index (Phi) is 6.29. The number of amides is 2. The number of nitrogens with zero attached hydrogens (tertiary/aromatic N) is 3. The van der Waals surface area contributed by atoms with Crippen LogP contribution in [-0.2, 0) is 4.79 Å². The number of likely N-dealkylation sites (N-methyl/N-ethyl adjacent to an activating group) is 1. The van der Waals surface area contributed by atoms with Gasteiger partial charge in [-0.15, -0.1) is 0 Å². The summed E-state index contributed by atoms with van der Waals surface area (Å²) in [5.41, 5.74) is 5.89. The molecule has 0 radical (unpaired) electrons. The van der Waals surface area contributed by atoms with Gasteiger partial charge in [-0.05, 0) is 52.3 Å². The molecule has 2 amide bonds. The van der Waals surface area contributed by atoms with Crippen LogP contribution in [0.4, 0.5) is 15.1 Å². The Bertz CT molecular complexity index is 1050. The zero-order valence-electron chi connectivity index (χ0n) is 15.7. The lowest BCUT2D eigenvalue weighted by Gasteiger charge is -2.21. The average Bonchev–Trinajstić information content (AvgIpc) is 2.96. The van der Waals surface area contributed by atoms with E-state index in [1.165, 1.54) is 38.5 Å². The second kappa shape index (κ2) is 8.58. The number of phenols is 1. The normalized spacial score (nSPS) is 17.5. The first kappa shape index (κ1) is 22.0. The van der Waals surface area contributed by atoms with Crippen LogP contribution < -0.4 is 10.5 Å². The second-order valence-corrected chi connectivity index (χ2v) is 8.11. The van der Waals surface area contributed by atoms with Crippen LogP contribution in [0.2, 0.25) is 0 Å². The fourth-order valence-electron chi connectivity index (χ4n) is 2.53.